The van der Waals surface area contributed by atoms with Crippen LogP contribution in [0.1, 0.15) is 61.6 Å². The molecule has 1 aliphatic carbocycles. The highest BCUT2D eigenvalue weighted by Gasteiger charge is 2.17. The average Bonchev–Trinajstić information content (AvgIpc) is 3.82. The molecule has 2 aliphatic rings. The van der Waals surface area contributed by atoms with Gasteiger partial charge >= 0.3 is 5.97 Å². The largest absolute Gasteiger partial charge is 0.497 e. The van der Waals surface area contributed by atoms with E-state index in [-0.39, 0.29) is 12.2 Å². The molecule has 3 aromatic carbocycles. The highest BCUT2D eigenvalue weighted by molar-refractivity contribution is 5.70. The highest BCUT2D eigenvalue weighted by Crippen LogP contribution is 2.32. The van der Waals surface area contributed by atoms with Crippen LogP contribution in [0.3, 0.4) is 0 Å². The molecule has 1 heterocycles. The lowest BCUT2D eigenvalue weighted by atomic mass is 9.96. The van der Waals surface area contributed by atoms with E-state index < -0.39 is 5.97 Å². The first kappa shape index (κ1) is 27.6. The van der Waals surface area contributed by atoms with E-state index in [4.69, 9.17) is 14.6 Å². The van der Waals surface area contributed by atoms with E-state index in [1.165, 1.54) is 44.6 Å². The predicted molar refractivity (Wildman–Crippen MR) is 148 cm³/mol. The minimum atomic E-state index is -0.815. The maximum absolute atomic E-state index is 14.8. The number of benzene rings is 3. The van der Waals surface area contributed by atoms with Gasteiger partial charge in [-0.15, -0.1) is 0 Å². The third kappa shape index (κ3) is 8.59. The lowest BCUT2D eigenvalue weighted by Gasteiger charge is -2.27. The Kier molecular flexibility index (Phi) is 10.2. The zero-order chi connectivity index (χ0) is 26.7. The number of rotatable bonds is 10. The average molecular weight is 520 g/mol. The molecule has 2 fully saturated rings. The van der Waals surface area contributed by atoms with E-state index in [0.717, 1.165) is 41.9 Å². The van der Waals surface area contributed by atoms with E-state index in [1.54, 1.807) is 19.2 Å². The Bertz CT molecular complexity index is 1200. The number of piperidine rings is 1. The molecular formula is C32H38FNO4. The van der Waals surface area contributed by atoms with E-state index in [1.807, 2.05) is 36.4 Å². The molecule has 0 bridgehead atoms. The Morgan fingerprint density at radius 2 is 1.63 bits per heavy atom. The van der Waals surface area contributed by atoms with Crippen molar-refractivity contribution in [3.8, 4) is 22.6 Å². The molecule has 0 spiro atoms. The van der Waals surface area contributed by atoms with Gasteiger partial charge in [-0.25, -0.2) is 4.39 Å². The topological polar surface area (TPSA) is 59.0 Å². The number of methoxy groups -OCH3 is 1. The van der Waals surface area contributed by atoms with E-state index in [2.05, 4.69) is 11.0 Å². The van der Waals surface area contributed by atoms with Crippen LogP contribution in [0.4, 0.5) is 4.39 Å². The predicted octanol–water partition coefficient (Wildman–Crippen LogP) is 7.25. The Hall–Kier alpha value is -3.38. The third-order valence-electron chi connectivity index (χ3n) is 6.76. The Morgan fingerprint density at radius 1 is 0.868 bits per heavy atom. The summed E-state index contributed by atoms with van der Waals surface area (Å²) in [5.41, 5.74) is 4.40. The first-order valence-corrected chi connectivity index (χ1v) is 13.6. The van der Waals surface area contributed by atoms with Gasteiger partial charge in [-0.1, -0.05) is 56.0 Å². The fourth-order valence-corrected chi connectivity index (χ4v) is 4.54. The Morgan fingerprint density at radius 3 is 2.34 bits per heavy atom. The second-order valence-electron chi connectivity index (χ2n) is 10.1. The zero-order valence-corrected chi connectivity index (χ0v) is 22.3. The van der Waals surface area contributed by atoms with Gasteiger partial charge in [0, 0.05) is 18.5 Å². The van der Waals surface area contributed by atoms with Crippen LogP contribution in [0.25, 0.3) is 11.1 Å². The van der Waals surface area contributed by atoms with Gasteiger partial charge in [0.2, 0.25) is 0 Å². The lowest BCUT2D eigenvalue weighted by molar-refractivity contribution is -0.136. The molecular weight excluding hydrogens is 481 g/mol. The van der Waals surface area contributed by atoms with Crippen molar-refractivity contribution in [3.63, 3.8) is 0 Å². The van der Waals surface area contributed by atoms with Gasteiger partial charge in [-0.05, 0) is 84.9 Å². The minimum absolute atomic E-state index is 0.0889. The van der Waals surface area contributed by atoms with Gasteiger partial charge in [0.05, 0.1) is 7.11 Å². The summed E-state index contributed by atoms with van der Waals surface area (Å²) in [6.45, 7) is 3.22. The van der Waals surface area contributed by atoms with Gasteiger partial charge in [0.15, 0.2) is 0 Å². The molecule has 202 valence electrons. The Labute approximate surface area is 225 Å². The Balaban J connectivity index is 0.00000105. The van der Waals surface area contributed by atoms with Crippen LogP contribution in [-0.2, 0) is 24.4 Å². The quantitative estimate of drug-likeness (QED) is 0.306. The fraction of sp³-hybridized carbons (Fsp3) is 0.406. The van der Waals surface area contributed by atoms with Crippen molar-refractivity contribution in [1.29, 1.82) is 0 Å². The molecule has 0 atom stereocenters. The maximum atomic E-state index is 14.8. The second-order valence-corrected chi connectivity index (χ2v) is 10.1. The van der Waals surface area contributed by atoms with Gasteiger partial charge in [0.1, 0.15) is 23.9 Å². The monoisotopic (exact) mass is 519 g/mol. The van der Waals surface area contributed by atoms with Crippen LogP contribution in [0.15, 0.2) is 60.7 Å². The fourth-order valence-electron chi connectivity index (χ4n) is 4.54. The first-order valence-electron chi connectivity index (χ1n) is 13.6. The normalized spacial score (nSPS) is 14.8. The summed E-state index contributed by atoms with van der Waals surface area (Å²) in [7, 11) is 1.59. The van der Waals surface area contributed by atoms with Crippen molar-refractivity contribution >= 4 is 5.97 Å². The molecule has 0 amide bonds. The number of aryl methyl sites for hydroxylation is 1. The van der Waals surface area contributed by atoms with Crippen LogP contribution in [0.2, 0.25) is 0 Å². The molecule has 1 N–H and O–H groups in total. The summed E-state index contributed by atoms with van der Waals surface area (Å²) in [4.78, 5) is 13.3. The molecule has 1 saturated heterocycles. The van der Waals surface area contributed by atoms with Crippen molar-refractivity contribution in [2.45, 2.75) is 64.5 Å². The summed E-state index contributed by atoms with van der Waals surface area (Å²) in [6, 6.07) is 18.4. The molecule has 6 heteroatoms. The third-order valence-corrected chi connectivity index (χ3v) is 6.76. The summed E-state index contributed by atoms with van der Waals surface area (Å²) < 4.78 is 26.2. The van der Waals surface area contributed by atoms with Crippen molar-refractivity contribution in [3.05, 3.63) is 83.2 Å². The number of hydrogen-bond acceptors (Lipinski definition) is 4. The summed E-state index contributed by atoms with van der Waals surface area (Å²) >= 11 is 0. The first-order chi connectivity index (χ1) is 18.5. The molecule has 5 rings (SSSR count). The van der Waals surface area contributed by atoms with Gasteiger partial charge in [-0.3, -0.25) is 9.69 Å². The number of carboxylic acid groups (broad SMARTS) is 1. The molecule has 0 aromatic heterocycles. The molecule has 1 aliphatic heterocycles. The SMILES string of the molecule is C1CC1.COc1ccc(F)c(-c2ccc(COc3cccc(CCC(=O)O)c3)cc2CN2CCCCC2)c1. The van der Waals surface area contributed by atoms with Crippen molar-refractivity contribution < 1.29 is 23.8 Å². The van der Waals surface area contributed by atoms with Crippen molar-refractivity contribution in [2.24, 2.45) is 0 Å². The molecule has 0 unspecified atom stereocenters. The van der Waals surface area contributed by atoms with Crippen LogP contribution in [-0.4, -0.2) is 36.2 Å². The summed E-state index contributed by atoms with van der Waals surface area (Å²) in [5.74, 6) is 0.242. The van der Waals surface area contributed by atoms with E-state index >= 15 is 0 Å². The number of halogens is 1. The zero-order valence-electron chi connectivity index (χ0n) is 22.3. The number of likely N-dealkylation sites (tertiary alicyclic amines) is 1. The standard InChI is InChI=1S/C29H32FNO4.C3H6/c1-34-24-10-12-28(30)27(18-24)26-11-8-22(16-23(26)19-31-14-3-2-4-15-31)20-35-25-7-5-6-21(17-25)9-13-29(32)33;1-2-3-1/h5-8,10-12,16-18H,2-4,9,13-15,19-20H2,1H3,(H,32,33);1-3H2. The number of carboxylic acids is 1. The molecule has 1 saturated carbocycles. The van der Waals surface area contributed by atoms with Crippen LogP contribution in [0, 0.1) is 5.82 Å². The highest BCUT2D eigenvalue weighted by atomic mass is 19.1. The van der Waals surface area contributed by atoms with Crippen molar-refractivity contribution in [1.82, 2.24) is 4.90 Å². The molecule has 0 radical (unpaired) electrons. The number of aliphatic carboxylic acids is 1. The van der Waals surface area contributed by atoms with Gasteiger partial charge < -0.3 is 14.6 Å². The minimum Gasteiger partial charge on any atom is -0.497 e. The maximum Gasteiger partial charge on any atom is 0.303 e. The number of hydrogen-bond donors (Lipinski definition) is 1. The molecule has 5 nitrogen and oxygen atoms in total. The molecule has 38 heavy (non-hydrogen) atoms. The number of nitrogens with zero attached hydrogens (tertiary/aromatic N) is 1. The smallest absolute Gasteiger partial charge is 0.303 e. The van der Waals surface area contributed by atoms with Crippen LogP contribution in [0.5, 0.6) is 11.5 Å². The van der Waals surface area contributed by atoms with E-state index in [9.17, 15) is 9.18 Å². The van der Waals surface area contributed by atoms with E-state index in [0.29, 0.717) is 30.1 Å². The van der Waals surface area contributed by atoms with Crippen molar-refractivity contribution in [2.75, 3.05) is 20.2 Å². The summed E-state index contributed by atoms with van der Waals surface area (Å²) in [6.07, 6.45) is 8.68. The summed E-state index contributed by atoms with van der Waals surface area (Å²) in [5, 5.41) is 8.93. The van der Waals surface area contributed by atoms with Crippen LogP contribution >= 0.6 is 0 Å². The number of carbonyl (C=O) groups is 1. The second kappa shape index (κ2) is 14.0. The lowest BCUT2D eigenvalue weighted by Crippen LogP contribution is -2.29. The van der Waals surface area contributed by atoms with Gasteiger partial charge in [0.25, 0.3) is 0 Å². The number of ether oxygens (including phenoxy) is 2. The van der Waals surface area contributed by atoms with Crippen LogP contribution < -0.4 is 9.47 Å². The van der Waals surface area contributed by atoms with Gasteiger partial charge in [-0.2, -0.15) is 0 Å². The molecule has 3 aromatic rings.